The van der Waals surface area contributed by atoms with Crippen molar-refractivity contribution in [3.8, 4) is 0 Å². The number of nitrogens with one attached hydrogen (secondary N) is 2. The first-order valence-corrected chi connectivity index (χ1v) is 8.59. The van der Waals surface area contributed by atoms with E-state index in [1.165, 1.54) is 5.56 Å². The van der Waals surface area contributed by atoms with Gasteiger partial charge in [0.25, 0.3) is 0 Å². The summed E-state index contributed by atoms with van der Waals surface area (Å²) in [5, 5.41) is 6.71. The Balaban J connectivity index is 1.94. The number of fused-ring (bicyclic) bond motifs is 1. The van der Waals surface area contributed by atoms with Crippen LogP contribution in [-0.4, -0.2) is 18.6 Å². The summed E-state index contributed by atoms with van der Waals surface area (Å²) < 4.78 is 28.1. The Morgan fingerprint density at radius 1 is 1.29 bits per heavy atom. The van der Waals surface area contributed by atoms with Crippen LogP contribution in [0, 0.1) is 13.8 Å². The van der Waals surface area contributed by atoms with Crippen LogP contribution in [0.3, 0.4) is 0 Å². The van der Waals surface area contributed by atoms with Crippen LogP contribution >= 0.6 is 0 Å². The molecular weight excluding hydrogens is 286 g/mol. The van der Waals surface area contributed by atoms with E-state index in [1.54, 1.807) is 13.8 Å². The molecule has 6 heteroatoms. The van der Waals surface area contributed by atoms with Crippen molar-refractivity contribution in [1.82, 2.24) is 14.9 Å². The maximum absolute atomic E-state index is 12.6. The average Bonchev–Trinajstić information content (AvgIpc) is 2.79. The lowest BCUT2D eigenvalue weighted by Crippen LogP contribution is -2.31. The Morgan fingerprint density at radius 2 is 2.05 bits per heavy atom. The minimum Gasteiger partial charge on any atom is -0.281 e. The lowest BCUT2D eigenvalue weighted by molar-refractivity contribution is 0.507. The number of hydrogen-bond donors (Lipinski definition) is 2. The quantitative estimate of drug-likeness (QED) is 0.914. The minimum atomic E-state index is -3.56. The van der Waals surface area contributed by atoms with E-state index < -0.39 is 10.0 Å². The van der Waals surface area contributed by atoms with Crippen LogP contribution in [0.5, 0.6) is 0 Å². The van der Waals surface area contributed by atoms with E-state index in [0.717, 1.165) is 24.8 Å². The van der Waals surface area contributed by atoms with E-state index >= 15 is 0 Å². The largest absolute Gasteiger partial charge is 0.281 e. The van der Waals surface area contributed by atoms with Crippen molar-refractivity contribution in [2.45, 2.75) is 44.0 Å². The van der Waals surface area contributed by atoms with Gasteiger partial charge in [0.1, 0.15) is 4.90 Å². The molecule has 0 aliphatic heterocycles. The predicted molar refractivity (Wildman–Crippen MR) is 80.5 cm³/mol. The van der Waals surface area contributed by atoms with Crippen molar-refractivity contribution < 1.29 is 8.42 Å². The molecule has 1 aliphatic rings. The number of rotatable bonds is 3. The maximum Gasteiger partial charge on any atom is 0.244 e. The summed E-state index contributed by atoms with van der Waals surface area (Å²) in [4.78, 5) is 0.269. The molecule has 2 N–H and O–H groups in total. The lowest BCUT2D eigenvalue weighted by atomic mass is 9.88. The Labute approximate surface area is 124 Å². The Bertz CT molecular complexity index is 745. The first-order valence-electron chi connectivity index (χ1n) is 7.11. The van der Waals surface area contributed by atoms with Gasteiger partial charge >= 0.3 is 0 Å². The number of aromatic amines is 1. The molecule has 0 saturated heterocycles. The van der Waals surface area contributed by atoms with E-state index in [1.807, 2.05) is 18.2 Å². The number of aromatic nitrogens is 2. The van der Waals surface area contributed by atoms with Gasteiger partial charge in [0, 0.05) is 6.04 Å². The van der Waals surface area contributed by atoms with Crippen molar-refractivity contribution in [2.24, 2.45) is 0 Å². The zero-order chi connectivity index (χ0) is 15.0. The van der Waals surface area contributed by atoms with E-state index in [-0.39, 0.29) is 10.9 Å². The molecule has 0 radical (unpaired) electrons. The van der Waals surface area contributed by atoms with Crippen LogP contribution < -0.4 is 4.72 Å². The number of H-pyrrole nitrogens is 1. The molecule has 2 aromatic rings. The van der Waals surface area contributed by atoms with Gasteiger partial charge in [-0.05, 0) is 44.2 Å². The van der Waals surface area contributed by atoms with Crippen molar-refractivity contribution >= 4 is 10.0 Å². The Morgan fingerprint density at radius 3 is 2.76 bits per heavy atom. The Hall–Kier alpha value is -1.66. The molecule has 0 bridgehead atoms. The molecule has 1 heterocycles. The number of hydrogen-bond acceptors (Lipinski definition) is 3. The predicted octanol–water partition coefficient (Wildman–Crippen LogP) is 2.38. The van der Waals surface area contributed by atoms with E-state index in [0.29, 0.717) is 11.4 Å². The molecule has 0 amide bonds. The topological polar surface area (TPSA) is 74.8 Å². The number of benzene rings is 1. The standard InChI is InChI=1S/C15H19N3O2S/c1-10-15(11(2)17-16-10)21(19,20)18-14-9-5-7-12-6-3-4-8-13(12)14/h3-4,6,8,14,18H,5,7,9H2,1-2H3,(H,16,17). The lowest BCUT2D eigenvalue weighted by Gasteiger charge is -2.26. The van der Waals surface area contributed by atoms with Crippen molar-refractivity contribution in [3.05, 3.63) is 46.8 Å². The van der Waals surface area contributed by atoms with Crippen molar-refractivity contribution in [3.63, 3.8) is 0 Å². The van der Waals surface area contributed by atoms with Gasteiger partial charge in [-0.15, -0.1) is 0 Å². The number of aryl methyl sites for hydroxylation is 3. The normalized spacial score (nSPS) is 18.5. The Kier molecular flexibility index (Phi) is 3.59. The molecule has 5 nitrogen and oxygen atoms in total. The van der Waals surface area contributed by atoms with Gasteiger partial charge in [0.2, 0.25) is 10.0 Å². The van der Waals surface area contributed by atoms with Crippen molar-refractivity contribution in [2.75, 3.05) is 0 Å². The van der Waals surface area contributed by atoms with Gasteiger partial charge < -0.3 is 0 Å². The van der Waals surface area contributed by atoms with Crippen LogP contribution in [0.1, 0.15) is 41.4 Å². The molecular formula is C15H19N3O2S. The number of nitrogens with zero attached hydrogens (tertiary/aromatic N) is 1. The molecule has 0 fully saturated rings. The van der Waals surface area contributed by atoms with E-state index in [2.05, 4.69) is 21.0 Å². The molecule has 1 aliphatic carbocycles. The molecule has 0 spiro atoms. The van der Waals surface area contributed by atoms with Gasteiger partial charge in [-0.3, -0.25) is 5.10 Å². The molecule has 21 heavy (non-hydrogen) atoms. The fraction of sp³-hybridized carbons (Fsp3) is 0.400. The van der Waals surface area contributed by atoms with Gasteiger partial charge in [-0.25, -0.2) is 13.1 Å². The molecule has 1 aromatic carbocycles. The monoisotopic (exact) mass is 305 g/mol. The summed E-state index contributed by atoms with van der Waals surface area (Å²) in [6.45, 7) is 3.43. The number of sulfonamides is 1. The molecule has 0 saturated carbocycles. The zero-order valence-corrected chi connectivity index (χ0v) is 13.0. The van der Waals surface area contributed by atoms with Gasteiger partial charge in [0.15, 0.2) is 0 Å². The highest BCUT2D eigenvalue weighted by atomic mass is 32.2. The zero-order valence-electron chi connectivity index (χ0n) is 12.2. The third kappa shape index (κ3) is 2.61. The smallest absolute Gasteiger partial charge is 0.244 e. The van der Waals surface area contributed by atoms with Crippen LogP contribution in [0.2, 0.25) is 0 Å². The fourth-order valence-corrected chi connectivity index (χ4v) is 4.68. The second-order valence-corrected chi connectivity index (χ2v) is 7.18. The van der Waals surface area contributed by atoms with E-state index in [4.69, 9.17) is 0 Å². The third-order valence-corrected chi connectivity index (χ3v) is 5.73. The van der Waals surface area contributed by atoms with Gasteiger partial charge in [-0.1, -0.05) is 24.3 Å². The highest BCUT2D eigenvalue weighted by molar-refractivity contribution is 7.89. The molecule has 3 rings (SSSR count). The van der Waals surface area contributed by atoms with Crippen molar-refractivity contribution in [1.29, 1.82) is 0 Å². The molecule has 1 atom stereocenters. The fourth-order valence-electron chi connectivity index (χ4n) is 3.06. The molecule has 1 unspecified atom stereocenters. The van der Waals surface area contributed by atoms with Crippen LogP contribution in [0.25, 0.3) is 0 Å². The maximum atomic E-state index is 12.6. The van der Waals surface area contributed by atoms with Gasteiger partial charge in [0.05, 0.1) is 11.4 Å². The highest BCUT2D eigenvalue weighted by Gasteiger charge is 2.28. The first-order chi connectivity index (χ1) is 9.99. The highest BCUT2D eigenvalue weighted by Crippen LogP contribution is 2.31. The summed E-state index contributed by atoms with van der Waals surface area (Å²) in [5.41, 5.74) is 3.40. The van der Waals surface area contributed by atoms with Crippen LogP contribution in [-0.2, 0) is 16.4 Å². The summed E-state index contributed by atoms with van der Waals surface area (Å²) >= 11 is 0. The van der Waals surface area contributed by atoms with Crippen LogP contribution in [0.15, 0.2) is 29.2 Å². The summed E-state index contributed by atoms with van der Waals surface area (Å²) in [6, 6.07) is 7.88. The molecule has 112 valence electrons. The second-order valence-electron chi connectivity index (χ2n) is 5.53. The van der Waals surface area contributed by atoms with Gasteiger partial charge in [-0.2, -0.15) is 5.10 Å². The van der Waals surface area contributed by atoms with Crippen LogP contribution in [0.4, 0.5) is 0 Å². The first kappa shape index (κ1) is 14.3. The molecule has 1 aromatic heterocycles. The van der Waals surface area contributed by atoms with E-state index in [9.17, 15) is 8.42 Å². The SMILES string of the molecule is Cc1n[nH]c(C)c1S(=O)(=O)NC1CCCc2ccccc21. The minimum absolute atomic E-state index is 0.159. The average molecular weight is 305 g/mol. The second kappa shape index (κ2) is 5.27. The summed E-state index contributed by atoms with van der Waals surface area (Å²) in [6.07, 6.45) is 2.83. The summed E-state index contributed by atoms with van der Waals surface area (Å²) in [7, 11) is -3.56. The summed E-state index contributed by atoms with van der Waals surface area (Å²) in [5.74, 6) is 0. The third-order valence-electron chi connectivity index (χ3n) is 4.00.